The summed E-state index contributed by atoms with van der Waals surface area (Å²) in [6.45, 7) is 7.45. The summed E-state index contributed by atoms with van der Waals surface area (Å²) in [6, 6.07) is 8.43. The zero-order chi connectivity index (χ0) is 17.8. The Labute approximate surface area is 153 Å². The summed E-state index contributed by atoms with van der Waals surface area (Å²) in [4.78, 5) is 11.5. The summed E-state index contributed by atoms with van der Waals surface area (Å²) < 4.78 is 5.39. The molecule has 0 atom stereocenters. The third-order valence-electron chi connectivity index (χ3n) is 4.87. The average molecular weight is 355 g/mol. The maximum absolute atomic E-state index is 5.39. The number of hydrogen-bond donors (Lipinski definition) is 1. The normalized spacial score (nSPS) is 18.8. The van der Waals surface area contributed by atoms with Crippen LogP contribution in [0.25, 0.3) is 0 Å². The van der Waals surface area contributed by atoms with Gasteiger partial charge in [-0.25, -0.2) is 0 Å². The Morgan fingerprint density at radius 2 is 1.65 bits per heavy atom. The second kappa shape index (κ2) is 7.84. The first-order chi connectivity index (χ1) is 12.8. The Morgan fingerprint density at radius 3 is 2.38 bits per heavy atom. The SMILES string of the molecule is CN1CCN(c2ccc(Nc3nncc(N4CCOCC4)n3)cc2)CC1. The van der Waals surface area contributed by atoms with Gasteiger partial charge in [0.1, 0.15) is 0 Å². The van der Waals surface area contributed by atoms with E-state index >= 15 is 0 Å². The lowest BCUT2D eigenvalue weighted by Crippen LogP contribution is -2.44. The third kappa shape index (κ3) is 4.03. The van der Waals surface area contributed by atoms with Crippen LogP contribution < -0.4 is 15.1 Å². The van der Waals surface area contributed by atoms with Crippen LogP contribution >= 0.6 is 0 Å². The van der Waals surface area contributed by atoms with Crippen molar-refractivity contribution in [2.45, 2.75) is 0 Å². The molecule has 0 amide bonds. The second-order valence-corrected chi connectivity index (χ2v) is 6.70. The number of nitrogens with zero attached hydrogens (tertiary/aromatic N) is 6. The van der Waals surface area contributed by atoms with E-state index in [-0.39, 0.29) is 0 Å². The molecule has 2 fully saturated rings. The molecule has 8 nitrogen and oxygen atoms in total. The van der Waals surface area contributed by atoms with Crippen molar-refractivity contribution >= 4 is 23.1 Å². The van der Waals surface area contributed by atoms with Crippen molar-refractivity contribution in [1.29, 1.82) is 0 Å². The van der Waals surface area contributed by atoms with Crippen molar-refractivity contribution in [3.8, 4) is 0 Å². The summed E-state index contributed by atoms with van der Waals surface area (Å²) in [5.74, 6) is 1.35. The third-order valence-corrected chi connectivity index (χ3v) is 4.87. The van der Waals surface area contributed by atoms with Gasteiger partial charge < -0.3 is 24.8 Å². The van der Waals surface area contributed by atoms with Crippen LogP contribution in [0.1, 0.15) is 0 Å². The number of benzene rings is 1. The van der Waals surface area contributed by atoms with Crippen LogP contribution in [0.15, 0.2) is 30.5 Å². The van der Waals surface area contributed by atoms with Gasteiger partial charge in [0.05, 0.1) is 19.4 Å². The van der Waals surface area contributed by atoms with Crippen LogP contribution in [0.3, 0.4) is 0 Å². The largest absolute Gasteiger partial charge is 0.378 e. The van der Waals surface area contributed by atoms with Crippen molar-refractivity contribution in [1.82, 2.24) is 20.1 Å². The predicted molar refractivity (Wildman–Crippen MR) is 102 cm³/mol. The lowest BCUT2D eigenvalue weighted by molar-refractivity contribution is 0.122. The van der Waals surface area contributed by atoms with Crippen LogP contribution in [0.2, 0.25) is 0 Å². The number of hydrogen-bond acceptors (Lipinski definition) is 8. The van der Waals surface area contributed by atoms with Gasteiger partial charge in [0.2, 0.25) is 5.95 Å². The fourth-order valence-electron chi connectivity index (χ4n) is 3.24. The van der Waals surface area contributed by atoms with Gasteiger partial charge in [-0.15, -0.1) is 5.10 Å². The molecule has 3 heterocycles. The summed E-state index contributed by atoms with van der Waals surface area (Å²) in [5, 5.41) is 11.4. The number of nitrogens with one attached hydrogen (secondary N) is 1. The standard InChI is InChI=1S/C18H25N7O/c1-23-6-8-24(9-7-23)16-4-2-15(3-5-16)20-18-21-17(14-19-22-18)25-10-12-26-13-11-25/h2-5,14H,6-13H2,1H3,(H,20,21,22). The molecule has 1 aromatic carbocycles. The minimum absolute atomic E-state index is 0.515. The van der Waals surface area contributed by atoms with E-state index in [1.54, 1.807) is 6.20 Å². The van der Waals surface area contributed by atoms with Crippen molar-refractivity contribution in [3.63, 3.8) is 0 Å². The molecular weight excluding hydrogens is 330 g/mol. The van der Waals surface area contributed by atoms with E-state index in [0.29, 0.717) is 5.95 Å². The molecule has 0 radical (unpaired) electrons. The molecule has 0 unspecified atom stereocenters. The van der Waals surface area contributed by atoms with E-state index in [2.05, 4.69) is 66.5 Å². The molecule has 1 N–H and O–H groups in total. The smallest absolute Gasteiger partial charge is 0.249 e. The highest BCUT2D eigenvalue weighted by atomic mass is 16.5. The minimum atomic E-state index is 0.515. The molecule has 26 heavy (non-hydrogen) atoms. The fourth-order valence-corrected chi connectivity index (χ4v) is 3.24. The molecule has 1 aromatic heterocycles. The maximum Gasteiger partial charge on any atom is 0.249 e. The van der Waals surface area contributed by atoms with Gasteiger partial charge in [0.25, 0.3) is 0 Å². The van der Waals surface area contributed by atoms with Gasteiger partial charge >= 0.3 is 0 Å². The van der Waals surface area contributed by atoms with Crippen LogP contribution in [-0.4, -0.2) is 79.6 Å². The molecule has 8 heteroatoms. The van der Waals surface area contributed by atoms with Gasteiger partial charge in [-0.2, -0.15) is 10.1 Å². The zero-order valence-corrected chi connectivity index (χ0v) is 15.1. The average Bonchev–Trinajstić information content (AvgIpc) is 2.70. The highest BCUT2D eigenvalue weighted by molar-refractivity contribution is 5.60. The first-order valence-electron chi connectivity index (χ1n) is 9.11. The van der Waals surface area contributed by atoms with Gasteiger partial charge in [0, 0.05) is 50.6 Å². The summed E-state index contributed by atoms with van der Waals surface area (Å²) >= 11 is 0. The molecule has 0 aliphatic carbocycles. The van der Waals surface area contributed by atoms with Crippen LogP contribution in [-0.2, 0) is 4.74 Å². The predicted octanol–water partition coefficient (Wildman–Crippen LogP) is 1.20. The van der Waals surface area contributed by atoms with Gasteiger partial charge in [-0.05, 0) is 31.3 Å². The lowest BCUT2D eigenvalue weighted by atomic mass is 10.2. The van der Waals surface area contributed by atoms with Gasteiger partial charge in [-0.1, -0.05) is 0 Å². The first kappa shape index (κ1) is 17.0. The zero-order valence-electron chi connectivity index (χ0n) is 15.1. The van der Waals surface area contributed by atoms with Gasteiger partial charge in [-0.3, -0.25) is 0 Å². The second-order valence-electron chi connectivity index (χ2n) is 6.70. The number of morpholine rings is 1. The van der Waals surface area contributed by atoms with Crippen LogP contribution in [0, 0.1) is 0 Å². The first-order valence-corrected chi connectivity index (χ1v) is 9.11. The van der Waals surface area contributed by atoms with Crippen molar-refractivity contribution in [2.24, 2.45) is 0 Å². The van der Waals surface area contributed by atoms with E-state index in [9.17, 15) is 0 Å². The Hall–Kier alpha value is -2.45. The number of ether oxygens (including phenoxy) is 1. The quantitative estimate of drug-likeness (QED) is 0.878. The Kier molecular flexibility index (Phi) is 5.12. The summed E-state index contributed by atoms with van der Waals surface area (Å²) in [7, 11) is 2.17. The van der Waals surface area contributed by atoms with E-state index in [1.807, 2.05) is 0 Å². The molecule has 2 aliphatic rings. The molecule has 138 valence electrons. The Morgan fingerprint density at radius 1 is 0.923 bits per heavy atom. The van der Waals surface area contributed by atoms with E-state index in [0.717, 1.165) is 64.0 Å². The van der Waals surface area contributed by atoms with Crippen molar-refractivity contribution in [2.75, 3.05) is 74.6 Å². The summed E-state index contributed by atoms with van der Waals surface area (Å²) in [6.07, 6.45) is 1.70. The van der Waals surface area contributed by atoms with Gasteiger partial charge in [0.15, 0.2) is 5.82 Å². The Bertz CT molecular complexity index is 710. The van der Waals surface area contributed by atoms with E-state index in [4.69, 9.17) is 4.74 Å². The highest BCUT2D eigenvalue weighted by Gasteiger charge is 2.15. The highest BCUT2D eigenvalue weighted by Crippen LogP contribution is 2.21. The lowest BCUT2D eigenvalue weighted by Gasteiger charge is -2.34. The maximum atomic E-state index is 5.39. The van der Waals surface area contributed by atoms with E-state index in [1.165, 1.54) is 5.69 Å². The van der Waals surface area contributed by atoms with Crippen LogP contribution in [0.4, 0.5) is 23.1 Å². The number of aromatic nitrogens is 3. The number of anilines is 4. The monoisotopic (exact) mass is 355 g/mol. The molecular formula is C18H25N7O. The molecule has 0 bridgehead atoms. The molecule has 0 saturated carbocycles. The number of rotatable bonds is 4. The van der Waals surface area contributed by atoms with E-state index < -0.39 is 0 Å². The number of piperazine rings is 1. The topological polar surface area (TPSA) is 69.7 Å². The van der Waals surface area contributed by atoms with Crippen LogP contribution in [0.5, 0.6) is 0 Å². The van der Waals surface area contributed by atoms with Crippen molar-refractivity contribution in [3.05, 3.63) is 30.5 Å². The fraction of sp³-hybridized carbons (Fsp3) is 0.500. The molecule has 0 spiro atoms. The molecule has 4 rings (SSSR count). The summed E-state index contributed by atoms with van der Waals surface area (Å²) in [5.41, 5.74) is 2.22. The molecule has 2 aromatic rings. The minimum Gasteiger partial charge on any atom is -0.378 e. The molecule has 2 saturated heterocycles. The van der Waals surface area contributed by atoms with Crippen molar-refractivity contribution < 1.29 is 4.74 Å². The molecule has 2 aliphatic heterocycles. The number of likely N-dealkylation sites (N-methyl/N-ethyl adjacent to an activating group) is 1. The Balaban J connectivity index is 1.41.